The van der Waals surface area contributed by atoms with Crippen LogP contribution < -0.4 is 5.32 Å². The van der Waals surface area contributed by atoms with Crippen LogP contribution in [0.4, 0.5) is 0 Å². The van der Waals surface area contributed by atoms with Crippen molar-refractivity contribution in [1.29, 1.82) is 0 Å². The molecule has 0 heterocycles. The minimum Gasteiger partial charge on any atom is -0.354 e. The smallest absolute Gasteiger partial charge is 0.217 e. The van der Waals surface area contributed by atoms with Gasteiger partial charge in [-0.15, -0.1) is 0 Å². The van der Waals surface area contributed by atoms with Gasteiger partial charge in [0, 0.05) is 13.0 Å². The number of rotatable bonds is 1. The monoisotopic (exact) mass is 197 g/mol. The van der Waals surface area contributed by atoms with Gasteiger partial charge in [-0.05, 0) is 30.6 Å². The molecule has 0 radical (unpaired) electrons. The lowest BCUT2D eigenvalue weighted by molar-refractivity contribution is -0.120. The molecule has 0 saturated heterocycles. The Bertz CT molecular complexity index is 205. The van der Waals surface area contributed by atoms with Crippen molar-refractivity contribution in [3.05, 3.63) is 0 Å². The fourth-order valence-electron chi connectivity index (χ4n) is 2.39. The van der Waals surface area contributed by atoms with Gasteiger partial charge in [-0.2, -0.15) is 0 Å². The Balaban J connectivity index is 2.48. The van der Waals surface area contributed by atoms with Crippen LogP contribution in [0, 0.1) is 11.3 Å². The maximum absolute atomic E-state index is 11.0. The minimum absolute atomic E-state index is 0.115. The van der Waals surface area contributed by atoms with Crippen molar-refractivity contribution in [3.63, 3.8) is 0 Å². The highest BCUT2D eigenvalue weighted by molar-refractivity contribution is 5.73. The molecule has 2 nitrogen and oxygen atoms in total. The first-order valence-electron chi connectivity index (χ1n) is 5.66. The SMILES string of the molecule is CC(=O)NC1CCCC(C(C)(C)C)C1. The van der Waals surface area contributed by atoms with Gasteiger partial charge in [0.25, 0.3) is 0 Å². The van der Waals surface area contributed by atoms with Gasteiger partial charge in [-0.25, -0.2) is 0 Å². The van der Waals surface area contributed by atoms with E-state index in [-0.39, 0.29) is 5.91 Å². The average molecular weight is 197 g/mol. The van der Waals surface area contributed by atoms with Gasteiger partial charge in [-0.1, -0.05) is 27.2 Å². The molecule has 1 aliphatic rings. The molecule has 1 fully saturated rings. The van der Waals surface area contributed by atoms with E-state index in [1.807, 2.05) is 0 Å². The number of hydrogen-bond donors (Lipinski definition) is 1. The van der Waals surface area contributed by atoms with Crippen molar-refractivity contribution in [1.82, 2.24) is 5.32 Å². The predicted molar refractivity (Wildman–Crippen MR) is 59.0 cm³/mol. The van der Waals surface area contributed by atoms with E-state index in [4.69, 9.17) is 0 Å². The topological polar surface area (TPSA) is 29.1 Å². The van der Waals surface area contributed by atoms with Crippen LogP contribution in [0.25, 0.3) is 0 Å². The number of carbonyl (C=O) groups is 1. The van der Waals surface area contributed by atoms with Crippen LogP contribution >= 0.6 is 0 Å². The minimum atomic E-state index is 0.115. The van der Waals surface area contributed by atoms with Crippen LogP contribution in [0.2, 0.25) is 0 Å². The van der Waals surface area contributed by atoms with Crippen molar-refractivity contribution >= 4 is 5.91 Å². The molecule has 2 heteroatoms. The summed E-state index contributed by atoms with van der Waals surface area (Å²) >= 11 is 0. The standard InChI is InChI=1S/C12H23NO/c1-9(14)13-11-7-5-6-10(8-11)12(2,3)4/h10-11H,5-8H2,1-4H3,(H,13,14). The van der Waals surface area contributed by atoms with E-state index in [1.54, 1.807) is 6.92 Å². The summed E-state index contributed by atoms with van der Waals surface area (Å²) < 4.78 is 0. The number of nitrogens with one attached hydrogen (secondary N) is 1. The Hall–Kier alpha value is -0.530. The van der Waals surface area contributed by atoms with Gasteiger partial charge in [-0.3, -0.25) is 4.79 Å². The van der Waals surface area contributed by atoms with Gasteiger partial charge in [0.15, 0.2) is 0 Å². The Labute approximate surface area is 87.5 Å². The highest BCUT2D eigenvalue weighted by atomic mass is 16.1. The predicted octanol–water partition coefficient (Wildman–Crippen LogP) is 2.73. The van der Waals surface area contributed by atoms with Crippen LogP contribution in [-0.2, 0) is 4.79 Å². The summed E-state index contributed by atoms with van der Waals surface area (Å²) in [5.41, 5.74) is 0.386. The lowest BCUT2D eigenvalue weighted by atomic mass is 9.71. The Kier molecular flexibility index (Phi) is 3.57. The molecule has 0 bridgehead atoms. The first kappa shape index (κ1) is 11.5. The van der Waals surface area contributed by atoms with Crippen LogP contribution in [0.3, 0.4) is 0 Å². The normalized spacial score (nSPS) is 28.6. The van der Waals surface area contributed by atoms with Crippen molar-refractivity contribution in [2.24, 2.45) is 11.3 Å². The summed E-state index contributed by atoms with van der Waals surface area (Å²) in [6.07, 6.45) is 4.89. The summed E-state index contributed by atoms with van der Waals surface area (Å²) in [5, 5.41) is 3.04. The fourth-order valence-corrected chi connectivity index (χ4v) is 2.39. The van der Waals surface area contributed by atoms with Crippen molar-refractivity contribution < 1.29 is 4.79 Å². The summed E-state index contributed by atoms with van der Waals surface area (Å²) in [4.78, 5) is 11.0. The maximum atomic E-state index is 11.0. The zero-order valence-electron chi connectivity index (χ0n) is 9.89. The molecule has 2 unspecified atom stereocenters. The fraction of sp³-hybridized carbons (Fsp3) is 0.917. The van der Waals surface area contributed by atoms with Gasteiger partial charge in [0.1, 0.15) is 0 Å². The molecule has 1 aliphatic carbocycles. The molecular formula is C12H23NO. The molecule has 1 saturated carbocycles. The Morgan fingerprint density at radius 2 is 1.93 bits per heavy atom. The van der Waals surface area contributed by atoms with E-state index in [2.05, 4.69) is 26.1 Å². The van der Waals surface area contributed by atoms with Crippen molar-refractivity contribution in [3.8, 4) is 0 Å². The molecule has 1 amide bonds. The van der Waals surface area contributed by atoms with Gasteiger partial charge in [0.05, 0.1) is 0 Å². The summed E-state index contributed by atoms with van der Waals surface area (Å²) in [5.74, 6) is 0.873. The quantitative estimate of drug-likeness (QED) is 0.688. The summed E-state index contributed by atoms with van der Waals surface area (Å²) in [7, 11) is 0. The van der Waals surface area contributed by atoms with Crippen LogP contribution in [0.1, 0.15) is 53.4 Å². The van der Waals surface area contributed by atoms with Crippen LogP contribution in [0.5, 0.6) is 0 Å². The molecule has 0 spiro atoms. The molecular weight excluding hydrogens is 174 g/mol. The Morgan fingerprint density at radius 3 is 2.43 bits per heavy atom. The van der Waals surface area contributed by atoms with Crippen molar-refractivity contribution in [2.75, 3.05) is 0 Å². The number of amides is 1. The van der Waals surface area contributed by atoms with E-state index in [1.165, 1.54) is 12.8 Å². The second-order valence-electron chi connectivity index (χ2n) is 5.63. The van der Waals surface area contributed by atoms with Gasteiger partial charge < -0.3 is 5.32 Å². The molecule has 0 aromatic carbocycles. The largest absolute Gasteiger partial charge is 0.354 e. The third-order valence-corrected chi connectivity index (χ3v) is 3.31. The molecule has 0 aromatic rings. The number of hydrogen-bond acceptors (Lipinski definition) is 1. The number of carbonyl (C=O) groups excluding carboxylic acids is 1. The van der Waals surface area contributed by atoms with Crippen LogP contribution in [0.15, 0.2) is 0 Å². The lowest BCUT2D eigenvalue weighted by Crippen LogP contribution is -2.39. The highest BCUT2D eigenvalue weighted by Gasteiger charge is 2.30. The van der Waals surface area contributed by atoms with E-state index in [9.17, 15) is 4.79 Å². The van der Waals surface area contributed by atoms with E-state index in [0.29, 0.717) is 11.5 Å². The van der Waals surface area contributed by atoms with Gasteiger partial charge >= 0.3 is 0 Å². The van der Waals surface area contributed by atoms with E-state index < -0.39 is 0 Å². The van der Waals surface area contributed by atoms with Crippen LogP contribution in [-0.4, -0.2) is 11.9 Å². The lowest BCUT2D eigenvalue weighted by Gasteiger charge is -2.37. The summed E-state index contributed by atoms with van der Waals surface area (Å²) in [6, 6.07) is 0.422. The highest BCUT2D eigenvalue weighted by Crippen LogP contribution is 2.37. The average Bonchev–Trinajstić information content (AvgIpc) is 2.01. The zero-order valence-corrected chi connectivity index (χ0v) is 9.89. The zero-order chi connectivity index (χ0) is 10.8. The molecule has 0 aliphatic heterocycles. The molecule has 0 aromatic heterocycles. The van der Waals surface area contributed by atoms with Crippen molar-refractivity contribution in [2.45, 2.75) is 59.4 Å². The maximum Gasteiger partial charge on any atom is 0.217 e. The third-order valence-electron chi connectivity index (χ3n) is 3.31. The second-order valence-corrected chi connectivity index (χ2v) is 5.63. The molecule has 1 rings (SSSR count). The van der Waals surface area contributed by atoms with E-state index in [0.717, 1.165) is 18.8 Å². The summed E-state index contributed by atoms with van der Waals surface area (Å²) in [6.45, 7) is 8.51. The molecule has 14 heavy (non-hydrogen) atoms. The molecule has 1 N–H and O–H groups in total. The second kappa shape index (κ2) is 4.33. The molecule has 82 valence electrons. The van der Waals surface area contributed by atoms with Gasteiger partial charge in [0.2, 0.25) is 5.91 Å². The Morgan fingerprint density at radius 1 is 1.29 bits per heavy atom. The molecule has 2 atom stereocenters. The van der Waals surface area contributed by atoms with E-state index >= 15 is 0 Å². The first-order valence-corrected chi connectivity index (χ1v) is 5.66. The first-order chi connectivity index (χ1) is 6.39. The third kappa shape index (κ3) is 3.32.